The van der Waals surface area contributed by atoms with Gasteiger partial charge in [-0.3, -0.25) is 0 Å². The van der Waals surface area contributed by atoms with Crippen molar-refractivity contribution in [2.24, 2.45) is 0 Å². The molecule has 0 aliphatic carbocycles. The Morgan fingerprint density at radius 3 is 2.44 bits per heavy atom. The van der Waals surface area contributed by atoms with Gasteiger partial charge in [-0.05, 0) is 37.1 Å². The molecule has 0 radical (unpaired) electrons. The van der Waals surface area contributed by atoms with E-state index in [1.807, 2.05) is 31.2 Å². The molecule has 0 saturated carbocycles. The van der Waals surface area contributed by atoms with Gasteiger partial charge in [0.1, 0.15) is 6.10 Å². The number of alkyl halides is 3. The van der Waals surface area contributed by atoms with Crippen LogP contribution in [0.1, 0.15) is 12.0 Å². The van der Waals surface area contributed by atoms with Gasteiger partial charge in [0.25, 0.3) is 0 Å². The van der Waals surface area contributed by atoms with Gasteiger partial charge < -0.3 is 5.11 Å². The number of aliphatic hydroxyl groups excluding tert-OH is 1. The zero-order valence-electron chi connectivity index (χ0n) is 9.95. The van der Waals surface area contributed by atoms with Gasteiger partial charge in [-0.1, -0.05) is 23.8 Å². The maximum atomic E-state index is 12.9. The third kappa shape index (κ3) is 4.59. The molecule has 0 aliphatic rings. The molecule has 2 atom stereocenters. The smallest absolute Gasteiger partial charge is 0.348 e. The van der Waals surface area contributed by atoms with Gasteiger partial charge in [-0.15, -0.1) is 18.3 Å². The van der Waals surface area contributed by atoms with E-state index in [-0.39, 0.29) is 6.42 Å². The summed E-state index contributed by atoms with van der Waals surface area (Å²) in [4.78, 5) is 0.812. The second kappa shape index (κ2) is 6.55. The van der Waals surface area contributed by atoms with E-state index in [2.05, 4.69) is 6.58 Å². The standard InChI is InChI=1S/C13H15ClF2OS/c1-3-4-11(12(17)13(14,15)16)18-10-7-5-9(2)6-8-10/h3,5-8,11-12,17H,1,4H2,2H3/t11-,12+/m1/s1. The molecule has 5 heteroatoms. The van der Waals surface area contributed by atoms with Crippen molar-refractivity contribution < 1.29 is 13.9 Å². The molecule has 0 amide bonds. The number of aryl methyl sites for hydroxylation is 1. The number of hydrogen-bond donors (Lipinski definition) is 1. The summed E-state index contributed by atoms with van der Waals surface area (Å²) in [5.41, 5.74) is 1.09. The van der Waals surface area contributed by atoms with Crippen LogP contribution >= 0.6 is 23.4 Å². The normalized spacial score (nSPS) is 15.2. The molecule has 0 aromatic heterocycles. The summed E-state index contributed by atoms with van der Waals surface area (Å²) < 4.78 is 25.8. The van der Waals surface area contributed by atoms with Crippen LogP contribution in [0.15, 0.2) is 41.8 Å². The van der Waals surface area contributed by atoms with E-state index in [1.54, 1.807) is 0 Å². The highest BCUT2D eigenvalue weighted by molar-refractivity contribution is 8.00. The average Bonchev–Trinajstić information content (AvgIpc) is 2.29. The number of rotatable bonds is 6. The van der Waals surface area contributed by atoms with Gasteiger partial charge in [0.2, 0.25) is 0 Å². The summed E-state index contributed by atoms with van der Waals surface area (Å²) in [6.45, 7) is 5.45. The Bertz CT molecular complexity index is 389. The zero-order chi connectivity index (χ0) is 13.8. The summed E-state index contributed by atoms with van der Waals surface area (Å²) in [6.07, 6.45) is -0.164. The Morgan fingerprint density at radius 1 is 1.44 bits per heavy atom. The lowest BCUT2D eigenvalue weighted by Crippen LogP contribution is -2.36. The molecule has 0 bridgehead atoms. The van der Waals surface area contributed by atoms with Crippen molar-refractivity contribution in [3.8, 4) is 0 Å². The Morgan fingerprint density at radius 2 is 2.00 bits per heavy atom. The Balaban J connectivity index is 2.80. The zero-order valence-corrected chi connectivity index (χ0v) is 11.5. The molecule has 0 fully saturated rings. The minimum atomic E-state index is -3.63. The fraction of sp³-hybridized carbons (Fsp3) is 0.385. The number of hydrogen-bond acceptors (Lipinski definition) is 2. The topological polar surface area (TPSA) is 20.2 Å². The number of aliphatic hydroxyl groups is 1. The highest BCUT2D eigenvalue weighted by atomic mass is 35.5. The molecule has 100 valence electrons. The van der Waals surface area contributed by atoms with Crippen LogP contribution in [0.25, 0.3) is 0 Å². The van der Waals surface area contributed by atoms with Crippen LogP contribution in [0.5, 0.6) is 0 Å². The summed E-state index contributed by atoms with van der Waals surface area (Å²) in [6, 6.07) is 7.43. The molecular formula is C13H15ClF2OS. The number of benzene rings is 1. The van der Waals surface area contributed by atoms with E-state index in [9.17, 15) is 13.9 Å². The van der Waals surface area contributed by atoms with Crippen molar-refractivity contribution in [3.05, 3.63) is 42.5 Å². The van der Waals surface area contributed by atoms with E-state index < -0.39 is 16.7 Å². The maximum absolute atomic E-state index is 12.9. The minimum absolute atomic E-state index is 0.252. The van der Waals surface area contributed by atoms with Gasteiger partial charge in [0.05, 0.1) is 0 Å². The Kier molecular flexibility index (Phi) is 5.63. The number of thioether (sulfide) groups is 1. The van der Waals surface area contributed by atoms with Crippen molar-refractivity contribution >= 4 is 23.4 Å². The lowest BCUT2D eigenvalue weighted by molar-refractivity contribution is -0.0404. The first-order chi connectivity index (χ1) is 8.34. The minimum Gasteiger partial charge on any atom is -0.384 e. The van der Waals surface area contributed by atoms with E-state index >= 15 is 0 Å². The third-order valence-corrected chi connectivity index (χ3v) is 3.92. The molecule has 0 heterocycles. The predicted molar refractivity (Wildman–Crippen MR) is 72.4 cm³/mol. The van der Waals surface area contributed by atoms with Gasteiger partial charge in [-0.25, -0.2) is 0 Å². The number of allylic oxidation sites excluding steroid dienone is 1. The summed E-state index contributed by atoms with van der Waals surface area (Å²) in [7, 11) is 0. The molecule has 0 unspecified atom stereocenters. The predicted octanol–water partition coefficient (Wildman–Crippen LogP) is 4.22. The third-order valence-electron chi connectivity index (χ3n) is 2.39. The SMILES string of the molecule is C=CC[C@@H](Sc1ccc(C)cc1)[C@H](O)C(F)(F)Cl. The quantitative estimate of drug-likeness (QED) is 0.481. The molecule has 1 aromatic rings. The van der Waals surface area contributed by atoms with Crippen molar-refractivity contribution in [2.45, 2.75) is 35.0 Å². The van der Waals surface area contributed by atoms with Crippen LogP contribution in [0, 0.1) is 6.92 Å². The Labute approximate surface area is 115 Å². The van der Waals surface area contributed by atoms with E-state index in [4.69, 9.17) is 11.6 Å². The van der Waals surface area contributed by atoms with Crippen LogP contribution in [0.4, 0.5) is 8.78 Å². The second-order valence-electron chi connectivity index (χ2n) is 3.98. The molecule has 0 aliphatic heterocycles. The van der Waals surface area contributed by atoms with Crippen LogP contribution in [0.3, 0.4) is 0 Å². The van der Waals surface area contributed by atoms with Gasteiger partial charge in [0, 0.05) is 10.1 Å². The molecule has 0 spiro atoms. The molecule has 0 saturated heterocycles. The largest absolute Gasteiger partial charge is 0.384 e. The van der Waals surface area contributed by atoms with E-state index in [0.29, 0.717) is 0 Å². The van der Waals surface area contributed by atoms with Crippen LogP contribution in [0.2, 0.25) is 0 Å². The van der Waals surface area contributed by atoms with Crippen molar-refractivity contribution in [3.63, 3.8) is 0 Å². The monoisotopic (exact) mass is 292 g/mol. The van der Waals surface area contributed by atoms with Gasteiger partial charge >= 0.3 is 5.38 Å². The van der Waals surface area contributed by atoms with Crippen molar-refractivity contribution in [1.29, 1.82) is 0 Å². The Hall–Kier alpha value is -0.580. The lowest BCUT2D eigenvalue weighted by Gasteiger charge is -2.24. The highest BCUT2D eigenvalue weighted by Gasteiger charge is 2.41. The summed E-state index contributed by atoms with van der Waals surface area (Å²) in [5.74, 6) is 0. The lowest BCUT2D eigenvalue weighted by atomic mass is 10.2. The number of halogens is 3. The van der Waals surface area contributed by atoms with Crippen LogP contribution in [-0.2, 0) is 0 Å². The van der Waals surface area contributed by atoms with E-state index in [1.165, 1.54) is 17.8 Å². The first kappa shape index (κ1) is 15.5. The second-order valence-corrected chi connectivity index (χ2v) is 5.80. The summed E-state index contributed by atoms with van der Waals surface area (Å²) in [5, 5.41) is 5.18. The van der Waals surface area contributed by atoms with Crippen molar-refractivity contribution in [1.82, 2.24) is 0 Å². The van der Waals surface area contributed by atoms with Gasteiger partial charge in [0.15, 0.2) is 0 Å². The molecule has 1 N–H and O–H groups in total. The molecule has 18 heavy (non-hydrogen) atoms. The van der Waals surface area contributed by atoms with Crippen LogP contribution in [-0.4, -0.2) is 21.8 Å². The summed E-state index contributed by atoms with van der Waals surface area (Å²) >= 11 is 6.05. The fourth-order valence-corrected chi connectivity index (χ4v) is 2.81. The molecule has 1 rings (SSSR count). The molecule has 1 aromatic carbocycles. The average molecular weight is 293 g/mol. The highest BCUT2D eigenvalue weighted by Crippen LogP contribution is 2.36. The van der Waals surface area contributed by atoms with E-state index in [0.717, 1.165) is 10.5 Å². The molecular weight excluding hydrogens is 278 g/mol. The first-order valence-electron chi connectivity index (χ1n) is 5.43. The first-order valence-corrected chi connectivity index (χ1v) is 6.69. The maximum Gasteiger partial charge on any atom is 0.348 e. The van der Waals surface area contributed by atoms with Crippen LogP contribution < -0.4 is 0 Å². The van der Waals surface area contributed by atoms with Gasteiger partial charge in [-0.2, -0.15) is 8.78 Å². The molecule has 1 nitrogen and oxygen atoms in total. The van der Waals surface area contributed by atoms with Crippen molar-refractivity contribution in [2.75, 3.05) is 0 Å². The fourth-order valence-electron chi connectivity index (χ4n) is 1.41.